The van der Waals surface area contributed by atoms with Gasteiger partial charge in [-0.2, -0.15) is 0 Å². The van der Waals surface area contributed by atoms with E-state index in [0.29, 0.717) is 6.42 Å². The fourth-order valence-electron chi connectivity index (χ4n) is 1.91. The Morgan fingerprint density at radius 3 is 2.84 bits per heavy atom. The molecule has 1 atom stereocenters. The number of thiophene rings is 1. The number of aliphatic hydroxyl groups is 1. The van der Waals surface area contributed by atoms with Gasteiger partial charge in [-0.1, -0.05) is 25.1 Å². The third kappa shape index (κ3) is 3.54. The molecule has 1 aromatic carbocycles. The summed E-state index contributed by atoms with van der Waals surface area (Å²) in [5, 5.41) is 13.0. The molecule has 1 heterocycles. The van der Waals surface area contributed by atoms with Gasteiger partial charge in [-0.15, -0.1) is 11.3 Å². The average molecular weight is 299 g/mol. The van der Waals surface area contributed by atoms with Crippen molar-refractivity contribution in [3.05, 3.63) is 35.2 Å². The molecular weight excluding hydrogens is 282 g/mol. The molecular formula is C13H17NO3S2. The van der Waals surface area contributed by atoms with Crippen molar-refractivity contribution in [3.63, 3.8) is 0 Å². The minimum Gasteiger partial charge on any atom is -0.387 e. The molecule has 6 heteroatoms. The Hall–Kier alpha value is -0.950. The van der Waals surface area contributed by atoms with Gasteiger partial charge in [0.05, 0.1) is 11.9 Å². The number of sulfonamides is 1. The van der Waals surface area contributed by atoms with Crippen molar-refractivity contribution < 1.29 is 13.5 Å². The van der Waals surface area contributed by atoms with Gasteiger partial charge in [-0.25, -0.2) is 13.1 Å². The number of hydrogen-bond acceptors (Lipinski definition) is 4. The van der Waals surface area contributed by atoms with Gasteiger partial charge in [0.2, 0.25) is 10.0 Å². The Morgan fingerprint density at radius 2 is 2.11 bits per heavy atom. The van der Waals surface area contributed by atoms with Crippen LogP contribution in [0.3, 0.4) is 0 Å². The van der Waals surface area contributed by atoms with Crippen molar-refractivity contribution in [1.29, 1.82) is 0 Å². The molecule has 0 amide bonds. The van der Waals surface area contributed by atoms with Crippen LogP contribution in [-0.4, -0.2) is 25.8 Å². The van der Waals surface area contributed by atoms with Crippen LogP contribution >= 0.6 is 11.3 Å². The van der Waals surface area contributed by atoms with Crippen LogP contribution in [0.2, 0.25) is 0 Å². The van der Waals surface area contributed by atoms with E-state index in [0.717, 1.165) is 15.6 Å². The van der Waals surface area contributed by atoms with Crippen LogP contribution in [0.15, 0.2) is 29.6 Å². The Labute approximate surface area is 117 Å². The van der Waals surface area contributed by atoms with Gasteiger partial charge >= 0.3 is 0 Å². The maximum absolute atomic E-state index is 11.5. The van der Waals surface area contributed by atoms with Gasteiger partial charge in [0.15, 0.2) is 0 Å². The Morgan fingerprint density at radius 1 is 1.37 bits per heavy atom. The van der Waals surface area contributed by atoms with E-state index in [1.165, 1.54) is 0 Å². The predicted molar refractivity (Wildman–Crippen MR) is 78.9 cm³/mol. The normalized spacial score (nSPS) is 13.8. The maximum Gasteiger partial charge on any atom is 0.211 e. The molecule has 0 aliphatic heterocycles. The number of benzene rings is 1. The van der Waals surface area contributed by atoms with Crippen LogP contribution in [0.1, 0.15) is 25.0 Å². The zero-order valence-electron chi connectivity index (χ0n) is 10.7. The van der Waals surface area contributed by atoms with Crippen LogP contribution < -0.4 is 4.72 Å². The second-order valence-electron chi connectivity index (χ2n) is 4.37. The SMILES string of the molecule is CCCS(=O)(=O)NC[C@H](O)c1csc2ccccc12. The highest BCUT2D eigenvalue weighted by Gasteiger charge is 2.16. The van der Waals surface area contributed by atoms with Crippen LogP contribution in [0.25, 0.3) is 10.1 Å². The predicted octanol–water partition coefficient (Wildman–Crippen LogP) is 2.26. The van der Waals surface area contributed by atoms with Gasteiger partial charge in [-0.05, 0) is 23.3 Å². The molecule has 0 bridgehead atoms. The first-order valence-corrected chi connectivity index (χ1v) is 8.68. The summed E-state index contributed by atoms with van der Waals surface area (Å²) in [5.74, 6) is 0.0874. The summed E-state index contributed by atoms with van der Waals surface area (Å²) < 4.78 is 26.6. The molecule has 2 aromatic rings. The largest absolute Gasteiger partial charge is 0.387 e. The van der Waals surface area contributed by atoms with Crippen molar-refractivity contribution >= 4 is 31.4 Å². The van der Waals surface area contributed by atoms with E-state index < -0.39 is 16.1 Å². The first kappa shape index (κ1) is 14.5. The van der Waals surface area contributed by atoms with Crippen LogP contribution in [0.5, 0.6) is 0 Å². The van der Waals surface area contributed by atoms with E-state index >= 15 is 0 Å². The Bertz CT molecular complexity index is 649. The summed E-state index contributed by atoms with van der Waals surface area (Å²) in [6.07, 6.45) is -0.255. The lowest BCUT2D eigenvalue weighted by atomic mass is 10.1. The lowest BCUT2D eigenvalue weighted by Crippen LogP contribution is -2.30. The van der Waals surface area contributed by atoms with Crippen molar-refractivity contribution in [3.8, 4) is 0 Å². The molecule has 1 aromatic heterocycles. The zero-order chi connectivity index (χ0) is 13.9. The van der Waals surface area contributed by atoms with Gasteiger partial charge < -0.3 is 5.11 Å². The van der Waals surface area contributed by atoms with Crippen LogP contribution in [0, 0.1) is 0 Å². The highest BCUT2D eigenvalue weighted by atomic mass is 32.2. The fourth-order valence-corrected chi connectivity index (χ4v) is 4.01. The molecule has 0 saturated heterocycles. The number of rotatable bonds is 6. The summed E-state index contributed by atoms with van der Waals surface area (Å²) in [7, 11) is -3.28. The number of fused-ring (bicyclic) bond motifs is 1. The van der Waals surface area contributed by atoms with Crippen LogP contribution in [0.4, 0.5) is 0 Å². The molecule has 0 fully saturated rings. The summed E-state index contributed by atoms with van der Waals surface area (Å²) in [6.45, 7) is 1.82. The lowest BCUT2D eigenvalue weighted by Gasteiger charge is -2.11. The Kier molecular flexibility index (Phi) is 4.57. The molecule has 4 nitrogen and oxygen atoms in total. The highest BCUT2D eigenvalue weighted by molar-refractivity contribution is 7.89. The van der Waals surface area contributed by atoms with Gasteiger partial charge in [0.25, 0.3) is 0 Å². The summed E-state index contributed by atoms with van der Waals surface area (Å²) >= 11 is 1.55. The second kappa shape index (κ2) is 6.00. The number of hydrogen-bond donors (Lipinski definition) is 2. The molecule has 0 unspecified atom stereocenters. The van der Waals surface area contributed by atoms with Crippen molar-refractivity contribution in [2.75, 3.05) is 12.3 Å². The van der Waals surface area contributed by atoms with E-state index in [1.807, 2.05) is 36.6 Å². The molecule has 0 saturated carbocycles. The summed E-state index contributed by atoms with van der Waals surface area (Å²) in [4.78, 5) is 0. The maximum atomic E-state index is 11.5. The Balaban J connectivity index is 2.10. The minimum absolute atomic E-state index is 0.0169. The first-order valence-electron chi connectivity index (χ1n) is 6.15. The third-order valence-electron chi connectivity index (χ3n) is 2.84. The summed E-state index contributed by atoms with van der Waals surface area (Å²) in [6, 6.07) is 7.77. The minimum atomic E-state index is -3.28. The quantitative estimate of drug-likeness (QED) is 0.860. The van der Waals surface area contributed by atoms with Crippen molar-refractivity contribution in [2.24, 2.45) is 0 Å². The molecule has 2 rings (SSSR count). The highest BCUT2D eigenvalue weighted by Crippen LogP contribution is 2.29. The van der Waals surface area contributed by atoms with E-state index in [-0.39, 0.29) is 12.3 Å². The van der Waals surface area contributed by atoms with Crippen molar-refractivity contribution in [2.45, 2.75) is 19.4 Å². The third-order valence-corrected chi connectivity index (χ3v) is 5.37. The topological polar surface area (TPSA) is 66.4 Å². The molecule has 104 valence electrons. The molecule has 0 spiro atoms. The number of nitrogens with one attached hydrogen (secondary N) is 1. The average Bonchev–Trinajstić information content (AvgIpc) is 2.80. The molecule has 2 N–H and O–H groups in total. The molecule has 19 heavy (non-hydrogen) atoms. The number of aliphatic hydroxyl groups excluding tert-OH is 1. The van der Waals surface area contributed by atoms with E-state index in [1.54, 1.807) is 11.3 Å². The zero-order valence-corrected chi connectivity index (χ0v) is 12.3. The monoisotopic (exact) mass is 299 g/mol. The van der Waals surface area contributed by atoms with E-state index in [2.05, 4.69) is 4.72 Å². The first-order chi connectivity index (χ1) is 9.03. The second-order valence-corrected chi connectivity index (χ2v) is 7.21. The fraction of sp³-hybridized carbons (Fsp3) is 0.385. The van der Waals surface area contributed by atoms with Gasteiger partial charge in [0, 0.05) is 16.8 Å². The molecule has 0 aliphatic rings. The lowest BCUT2D eigenvalue weighted by molar-refractivity contribution is 0.184. The van der Waals surface area contributed by atoms with Crippen LogP contribution in [-0.2, 0) is 10.0 Å². The van der Waals surface area contributed by atoms with E-state index in [9.17, 15) is 13.5 Å². The standard InChI is InChI=1S/C13H17NO3S2/c1-2-7-19(16,17)14-8-12(15)11-9-18-13-6-4-3-5-10(11)13/h3-6,9,12,14-15H,2,7-8H2,1H3/t12-/m0/s1. The van der Waals surface area contributed by atoms with E-state index in [4.69, 9.17) is 0 Å². The smallest absolute Gasteiger partial charge is 0.211 e. The van der Waals surface area contributed by atoms with Gasteiger partial charge in [-0.3, -0.25) is 0 Å². The molecule has 0 aliphatic carbocycles. The summed E-state index contributed by atoms with van der Waals surface area (Å²) in [5.41, 5.74) is 0.778. The van der Waals surface area contributed by atoms with Crippen molar-refractivity contribution in [1.82, 2.24) is 4.72 Å². The molecule has 0 radical (unpaired) electrons. The van der Waals surface area contributed by atoms with Gasteiger partial charge in [0.1, 0.15) is 0 Å².